The monoisotopic (exact) mass is 486 g/mol. The number of hydrogen-bond donors (Lipinski definition) is 0. The van der Waals surface area contributed by atoms with Gasteiger partial charge in [0.25, 0.3) is 5.56 Å². The highest BCUT2D eigenvalue weighted by molar-refractivity contribution is 7.89. The van der Waals surface area contributed by atoms with E-state index in [0.717, 1.165) is 0 Å². The Labute approximate surface area is 197 Å². The molecule has 0 bridgehead atoms. The molecule has 0 N–H and O–H groups in total. The van der Waals surface area contributed by atoms with Crippen LogP contribution < -0.4 is 24.7 Å². The maximum atomic E-state index is 13.3. The molecule has 0 unspecified atom stereocenters. The topological polar surface area (TPSA) is 103 Å². The molecule has 1 aromatic heterocycles. The predicted octanol–water partition coefficient (Wildman–Crippen LogP) is 1.71. The first-order valence-electron chi connectivity index (χ1n) is 11.2. The Kier molecular flexibility index (Phi) is 5.82. The molecule has 0 atom stereocenters. The van der Waals surface area contributed by atoms with Gasteiger partial charge in [0.1, 0.15) is 19.0 Å². The van der Waals surface area contributed by atoms with E-state index in [1.807, 2.05) is 11.8 Å². The van der Waals surface area contributed by atoms with Gasteiger partial charge >= 0.3 is 0 Å². The van der Waals surface area contributed by atoms with Crippen LogP contribution in [0.15, 0.2) is 46.1 Å². The minimum Gasteiger partial charge on any atom is -0.497 e. The Balaban J connectivity index is 1.42. The Morgan fingerprint density at radius 1 is 1.00 bits per heavy atom. The van der Waals surface area contributed by atoms with Crippen molar-refractivity contribution >= 4 is 26.9 Å². The molecule has 0 radical (unpaired) electrons. The van der Waals surface area contributed by atoms with Crippen molar-refractivity contribution in [1.82, 2.24) is 13.9 Å². The van der Waals surface area contributed by atoms with Crippen LogP contribution in [0.3, 0.4) is 0 Å². The molecular weight excluding hydrogens is 460 g/mol. The van der Waals surface area contributed by atoms with Crippen LogP contribution in [0.4, 0.5) is 5.95 Å². The summed E-state index contributed by atoms with van der Waals surface area (Å²) in [7, 11) is -2.09. The number of benzene rings is 2. The summed E-state index contributed by atoms with van der Waals surface area (Å²) in [4.78, 5) is 20.2. The van der Waals surface area contributed by atoms with E-state index >= 15 is 0 Å². The normalized spacial score (nSPS) is 16.6. The number of sulfonamides is 1. The van der Waals surface area contributed by atoms with Crippen LogP contribution in [-0.2, 0) is 16.6 Å². The van der Waals surface area contributed by atoms with Crippen molar-refractivity contribution in [3.8, 4) is 17.2 Å². The summed E-state index contributed by atoms with van der Waals surface area (Å²) in [6, 6.07) is 9.79. The molecule has 11 heteroatoms. The second-order valence-electron chi connectivity index (χ2n) is 8.04. The van der Waals surface area contributed by atoms with Crippen LogP contribution in [-0.4, -0.2) is 68.8 Å². The largest absolute Gasteiger partial charge is 0.497 e. The molecule has 3 aromatic rings. The molecule has 5 rings (SSSR count). The summed E-state index contributed by atoms with van der Waals surface area (Å²) in [6.45, 7) is 4.62. The third-order valence-electron chi connectivity index (χ3n) is 6.13. The molecular formula is C23H26N4O6S. The van der Waals surface area contributed by atoms with E-state index in [1.165, 1.54) is 11.4 Å². The zero-order valence-electron chi connectivity index (χ0n) is 19.1. The maximum absolute atomic E-state index is 13.3. The highest BCUT2D eigenvalue weighted by Crippen LogP contribution is 2.33. The Hall–Kier alpha value is -3.31. The van der Waals surface area contributed by atoms with Crippen molar-refractivity contribution in [3.05, 3.63) is 46.8 Å². The van der Waals surface area contributed by atoms with E-state index in [2.05, 4.69) is 0 Å². The standard InChI is InChI=1S/C23H26N4O6S/c1-3-27-22(28)18-14-20-21(33-13-12-32-20)15-19(18)24-23(27)25-8-10-26(11-9-25)34(29,30)17-6-4-16(31-2)5-7-17/h4-7,14-15H,3,8-13H2,1-2H3. The molecule has 1 fully saturated rings. The molecule has 180 valence electrons. The maximum Gasteiger partial charge on any atom is 0.262 e. The molecule has 2 aromatic carbocycles. The van der Waals surface area contributed by atoms with Crippen molar-refractivity contribution in [3.63, 3.8) is 0 Å². The molecule has 2 aliphatic heterocycles. The van der Waals surface area contributed by atoms with Crippen LogP contribution >= 0.6 is 0 Å². The van der Waals surface area contributed by atoms with E-state index < -0.39 is 10.0 Å². The van der Waals surface area contributed by atoms with Gasteiger partial charge in [-0.1, -0.05) is 0 Å². The van der Waals surface area contributed by atoms with E-state index in [0.29, 0.717) is 66.9 Å². The van der Waals surface area contributed by atoms with Crippen molar-refractivity contribution in [2.75, 3.05) is 51.4 Å². The summed E-state index contributed by atoms with van der Waals surface area (Å²) in [5.41, 5.74) is 0.370. The van der Waals surface area contributed by atoms with E-state index in [1.54, 1.807) is 41.0 Å². The average molecular weight is 487 g/mol. The van der Waals surface area contributed by atoms with Gasteiger partial charge in [0, 0.05) is 38.8 Å². The van der Waals surface area contributed by atoms with Gasteiger partial charge in [0.15, 0.2) is 11.5 Å². The Morgan fingerprint density at radius 2 is 1.65 bits per heavy atom. The second kappa shape index (κ2) is 8.80. The highest BCUT2D eigenvalue weighted by Gasteiger charge is 2.30. The first-order chi connectivity index (χ1) is 16.4. The fraction of sp³-hybridized carbons (Fsp3) is 0.391. The number of hydrogen-bond acceptors (Lipinski definition) is 8. The average Bonchev–Trinajstić information content (AvgIpc) is 2.88. The molecule has 2 aliphatic rings. The van der Waals surface area contributed by atoms with Crippen molar-refractivity contribution < 1.29 is 22.6 Å². The van der Waals surface area contributed by atoms with Crippen LogP contribution in [0, 0.1) is 0 Å². The lowest BCUT2D eigenvalue weighted by molar-refractivity contribution is 0.172. The summed E-state index contributed by atoms with van der Waals surface area (Å²) >= 11 is 0. The Morgan fingerprint density at radius 3 is 2.26 bits per heavy atom. The quantitative estimate of drug-likeness (QED) is 0.537. The molecule has 10 nitrogen and oxygen atoms in total. The number of piperazine rings is 1. The fourth-order valence-corrected chi connectivity index (χ4v) is 5.72. The third kappa shape index (κ3) is 3.84. The zero-order chi connectivity index (χ0) is 23.9. The van der Waals surface area contributed by atoms with Crippen molar-refractivity contribution in [2.24, 2.45) is 0 Å². The summed E-state index contributed by atoms with van der Waals surface area (Å²) < 4.78 is 45.6. The SMILES string of the molecule is CCn1c(N2CCN(S(=O)(=O)c3ccc(OC)cc3)CC2)nc2cc3c(cc2c1=O)OCCO3. The lowest BCUT2D eigenvalue weighted by atomic mass is 10.2. The van der Waals surface area contributed by atoms with Gasteiger partial charge < -0.3 is 19.1 Å². The number of ether oxygens (including phenoxy) is 3. The van der Waals surface area contributed by atoms with Crippen molar-refractivity contribution in [1.29, 1.82) is 0 Å². The van der Waals surface area contributed by atoms with Crippen LogP contribution in [0.1, 0.15) is 6.92 Å². The van der Waals surface area contributed by atoms with Gasteiger partial charge in [-0.25, -0.2) is 13.4 Å². The molecule has 3 heterocycles. The first kappa shape index (κ1) is 22.5. The summed E-state index contributed by atoms with van der Waals surface area (Å²) in [5.74, 6) is 2.24. The molecule has 1 saturated heterocycles. The zero-order valence-corrected chi connectivity index (χ0v) is 19.9. The number of fused-ring (bicyclic) bond motifs is 2. The fourth-order valence-electron chi connectivity index (χ4n) is 4.30. The number of anilines is 1. The van der Waals surface area contributed by atoms with Gasteiger partial charge in [-0.05, 0) is 37.3 Å². The van der Waals surface area contributed by atoms with E-state index in [-0.39, 0.29) is 23.5 Å². The number of aromatic nitrogens is 2. The third-order valence-corrected chi connectivity index (χ3v) is 8.05. The lowest BCUT2D eigenvalue weighted by Gasteiger charge is -2.35. The van der Waals surface area contributed by atoms with Gasteiger partial charge in [-0.3, -0.25) is 9.36 Å². The van der Waals surface area contributed by atoms with Gasteiger partial charge in [0.05, 0.1) is 22.9 Å². The summed E-state index contributed by atoms with van der Waals surface area (Å²) in [6.07, 6.45) is 0. The number of methoxy groups -OCH3 is 1. The molecule has 0 amide bonds. The van der Waals surface area contributed by atoms with E-state index in [4.69, 9.17) is 19.2 Å². The predicted molar refractivity (Wildman–Crippen MR) is 127 cm³/mol. The molecule has 0 aliphatic carbocycles. The highest BCUT2D eigenvalue weighted by atomic mass is 32.2. The molecule has 0 spiro atoms. The van der Waals surface area contributed by atoms with Crippen molar-refractivity contribution in [2.45, 2.75) is 18.4 Å². The summed E-state index contributed by atoms with van der Waals surface area (Å²) in [5, 5.41) is 0.468. The Bertz CT molecular complexity index is 1380. The number of nitrogens with zero attached hydrogens (tertiary/aromatic N) is 4. The van der Waals surface area contributed by atoms with Gasteiger partial charge in [0.2, 0.25) is 16.0 Å². The lowest BCUT2D eigenvalue weighted by Crippen LogP contribution is -2.50. The smallest absolute Gasteiger partial charge is 0.262 e. The van der Waals surface area contributed by atoms with Crippen LogP contribution in [0.25, 0.3) is 10.9 Å². The van der Waals surface area contributed by atoms with Gasteiger partial charge in [-0.15, -0.1) is 0 Å². The van der Waals surface area contributed by atoms with Crippen LogP contribution in [0.2, 0.25) is 0 Å². The van der Waals surface area contributed by atoms with Gasteiger partial charge in [-0.2, -0.15) is 4.31 Å². The minimum atomic E-state index is -3.63. The molecule has 34 heavy (non-hydrogen) atoms. The van der Waals surface area contributed by atoms with Crippen LogP contribution in [0.5, 0.6) is 17.2 Å². The minimum absolute atomic E-state index is 0.159. The second-order valence-corrected chi connectivity index (χ2v) is 9.98. The number of rotatable bonds is 5. The first-order valence-corrected chi connectivity index (χ1v) is 12.6. The molecule has 0 saturated carbocycles. The van der Waals surface area contributed by atoms with E-state index in [9.17, 15) is 13.2 Å².